The topological polar surface area (TPSA) is 77.5 Å². The minimum Gasteiger partial charge on any atom is -0.442 e. The van der Waals surface area contributed by atoms with Crippen LogP contribution >= 0.6 is 0 Å². The quantitative estimate of drug-likeness (QED) is 0.693. The number of alkyl halides is 2. The van der Waals surface area contributed by atoms with E-state index >= 15 is 0 Å². The fourth-order valence-electron chi connectivity index (χ4n) is 2.97. The summed E-state index contributed by atoms with van der Waals surface area (Å²) in [5, 5.41) is 8.00. The normalized spacial score (nSPS) is 19.0. The van der Waals surface area contributed by atoms with Gasteiger partial charge in [-0.1, -0.05) is 6.08 Å². The lowest BCUT2D eigenvalue weighted by Crippen LogP contribution is -2.38. The summed E-state index contributed by atoms with van der Waals surface area (Å²) < 4.78 is 44.1. The van der Waals surface area contributed by atoms with Crippen molar-refractivity contribution in [2.75, 3.05) is 42.5 Å². The molecule has 1 atom stereocenters. The SMILES string of the molecule is C=CCN1CCN(c2ccc(N3C[C@H](CNC(=O)C(F)F)OC3=O)cc2F)C=N1. The van der Waals surface area contributed by atoms with Gasteiger partial charge in [-0.15, -0.1) is 6.58 Å². The van der Waals surface area contributed by atoms with Crippen LogP contribution < -0.4 is 15.1 Å². The van der Waals surface area contributed by atoms with Crippen molar-refractivity contribution in [3.8, 4) is 0 Å². The molecule has 3 rings (SSSR count). The van der Waals surface area contributed by atoms with Crippen molar-refractivity contribution in [1.29, 1.82) is 0 Å². The van der Waals surface area contributed by atoms with Crippen molar-refractivity contribution in [2.24, 2.45) is 5.10 Å². The zero-order valence-electron chi connectivity index (χ0n) is 15.4. The van der Waals surface area contributed by atoms with Gasteiger partial charge in [-0.3, -0.25) is 14.7 Å². The summed E-state index contributed by atoms with van der Waals surface area (Å²) in [6.45, 7) is 5.13. The number of hydrogen-bond donors (Lipinski definition) is 1. The van der Waals surface area contributed by atoms with Crippen LogP contribution in [0.2, 0.25) is 0 Å². The minimum absolute atomic E-state index is 0.00280. The molecule has 156 valence electrons. The zero-order valence-corrected chi connectivity index (χ0v) is 15.4. The van der Waals surface area contributed by atoms with Crippen LogP contribution in [0.25, 0.3) is 0 Å². The second-order valence-corrected chi connectivity index (χ2v) is 6.42. The monoisotopic (exact) mass is 411 g/mol. The van der Waals surface area contributed by atoms with E-state index in [0.717, 1.165) is 0 Å². The van der Waals surface area contributed by atoms with Crippen LogP contribution in [-0.2, 0) is 9.53 Å². The maximum absolute atomic E-state index is 14.6. The lowest BCUT2D eigenvalue weighted by atomic mass is 10.2. The van der Waals surface area contributed by atoms with Gasteiger partial charge in [0.2, 0.25) is 0 Å². The Bertz CT molecular complexity index is 820. The molecule has 1 N–H and O–H groups in total. The Labute approximate surface area is 165 Å². The average molecular weight is 411 g/mol. The van der Waals surface area contributed by atoms with Gasteiger partial charge in [0.25, 0.3) is 5.91 Å². The van der Waals surface area contributed by atoms with Gasteiger partial charge < -0.3 is 15.0 Å². The Morgan fingerprint density at radius 2 is 2.21 bits per heavy atom. The highest BCUT2D eigenvalue weighted by Gasteiger charge is 2.33. The van der Waals surface area contributed by atoms with Crippen LogP contribution in [0.5, 0.6) is 0 Å². The summed E-state index contributed by atoms with van der Waals surface area (Å²) in [5.41, 5.74) is 0.574. The van der Waals surface area contributed by atoms with Gasteiger partial charge in [-0.2, -0.15) is 13.9 Å². The van der Waals surface area contributed by atoms with Crippen molar-refractivity contribution in [1.82, 2.24) is 10.3 Å². The number of cyclic esters (lactones) is 1. The van der Waals surface area contributed by atoms with Gasteiger partial charge in [-0.05, 0) is 18.2 Å². The van der Waals surface area contributed by atoms with Crippen molar-refractivity contribution >= 4 is 29.7 Å². The first-order valence-corrected chi connectivity index (χ1v) is 8.89. The third-order valence-corrected chi connectivity index (χ3v) is 4.42. The lowest BCUT2D eigenvalue weighted by Gasteiger charge is -2.29. The number of halogens is 3. The fraction of sp³-hybridized carbons (Fsp3) is 0.389. The summed E-state index contributed by atoms with van der Waals surface area (Å²) in [4.78, 5) is 25.8. The molecule has 0 aromatic heterocycles. The summed E-state index contributed by atoms with van der Waals surface area (Å²) in [6, 6.07) is 4.28. The van der Waals surface area contributed by atoms with Gasteiger partial charge in [-0.25, -0.2) is 9.18 Å². The molecular weight excluding hydrogens is 391 g/mol. The highest BCUT2D eigenvalue weighted by molar-refractivity contribution is 5.90. The van der Waals surface area contributed by atoms with E-state index in [1.165, 1.54) is 23.4 Å². The van der Waals surface area contributed by atoms with E-state index in [9.17, 15) is 22.8 Å². The standard InChI is InChI=1S/C18H20F3N5O3/c1-2-5-25-7-6-24(11-23-25)15-4-3-12(8-14(15)19)26-10-13(29-18(26)28)9-22-17(27)16(20)21/h2-4,8,11,13,16H,1,5-7,9-10H2,(H,22,27)/t13-/m0/s1. The molecule has 2 amide bonds. The predicted octanol–water partition coefficient (Wildman–Crippen LogP) is 1.78. The second kappa shape index (κ2) is 8.84. The largest absolute Gasteiger partial charge is 0.442 e. The van der Waals surface area contributed by atoms with Crippen molar-refractivity contribution in [3.05, 3.63) is 36.7 Å². The number of amides is 2. The van der Waals surface area contributed by atoms with E-state index in [4.69, 9.17) is 4.74 Å². The highest BCUT2D eigenvalue weighted by atomic mass is 19.3. The summed E-state index contributed by atoms with van der Waals surface area (Å²) in [5.74, 6) is -1.99. The average Bonchev–Trinajstić information content (AvgIpc) is 3.07. The van der Waals surface area contributed by atoms with Crippen molar-refractivity contribution in [2.45, 2.75) is 12.5 Å². The van der Waals surface area contributed by atoms with Crippen LogP contribution in [-0.4, -0.2) is 68.6 Å². The number of ether oxygens (including phenoxy) is 1. The van der Waals surface area contributed by atoms with Crippen LogP contribution in [0.1, 0.15) is 0 Å². The Morgan fingerprint density at radius 1 is 1.41 bits per heavy atom. The Hall–Kier alpha value is -3.24. The van der Waals surface area contributed by atoms with E-state index in [1.54, 1.807) is 22.1 Å². The molecule has 8 nitrogen and oxygen atoms in total. The van der Waals surface area contributed by atoms with E-state index in [-0.39, 0.29) is 18.8 Å². The van der Waals surface area contributed by atoms with Crippen molar-refractivity contribution in [3.63, 3.8) is 0 Å². The molecule has 1 fully saturated rings. The first-order chi connectivity index (χ1) is 13.9. The molecule has 2 aliphatic rings. The molecule has 0 spiro atoms. The van der Waals surface area contributed by atoms with Gasteiger partial charge in [0.1, 0.15) is 18.3 Å². The third-order valence-electron chi connectivity index (χ3n) is 4.42. The molecule has 1 saturated heterocycles. The second-order valence-electron chi connectivity index (χ2n) is 6.42. The minimum atomic E-state index is -3.15. The third kappa shape index (κ3) is 4.79. The maximum Gasteiger partial charge on any atom is 0.414 e. The molecular formula is C18H20F3N5O3. The van der Waals surface area contributed by atoms with Crippen molar-refractivity contribution < 1.29 is 27.5 Å². The molecule has 29 heavy (non-hydrogen) atoms. The molecule has 0 unspecified atom stereocenters. The number of rotatable bonds is 7. The fourth-order valence-corrected chi connectivity index (χ4v) is 2.97. The van der Waals surface area contributed by atoms with E-state index in [0.29, 0.717) is 25.3 Å². The Kier molecular flexibility index (Phi) is 6.25. The molecule has 0 aliphatic carbocycles. The highest BCUT2D eigenvalue weighted by Crippen LogP contribution is 2.28. The van der Waals surface area contributed by atoms with E-state index in [1.807, 2.05) is 5.32 Å². The number of benzene rings is 1. The predicted molar refractivity (Wildman–Crippen MR) is 101 cm³/mol. The van der Waals surface area contributed by atoms with E-state index < -0.39 is 30.3 Å². The zero-order chi connectivity index (χ0) is 21.0. The molecule has 11 heteroatoms. The first-order valence-electron chi connectivity index (χ1n) is 8.89. The number of hydrazone groups is 1. The molecule has 0 radical (unpaired) electrons. The van der Waals surface area contributed by atoms with Gasteiger partial charge in [0, 0.05) is 6.54 Å². The van der Waals surface area contributed by atoms with Crippen LogP contribution in [0.3, 0.4) is 0 Å². The number of carbonyl (C=O) groups excluding carboxylic acids is 2. The Morgan fingerprint density at radius 3 is 2.83 bits per heavy atom. The van der Waals surface area contributed by atoms with Gasteiger partial charge in [0.15, 0.2) is 0 Å². The number of carbonyl (C=O) groups is 2. The molecule has 0 bridgehead atoms. The number of nitrogens with one attached hydrogen (secondary N) is 1. The van der Waals surface area contributed by atoms with Crippen LogP contribution in [0.15, 0.2) is 36.0 Å². The number of anilines is 2. The molecule has 1 aromatic carbocycles. The Balaban J connectivity index is 1.64. The molecule has 0 saturated carbocycles. The van der Waals surface area contributed by atoms with Gasteiger partial charge >= 0.3 is 12.5 Å². The molecule has 2 heterocycles. The number of hydrogen-bond acceptors (Lipinski definition) is 6. The van der Waals surface area contributed by atoms with Crippen LogP contribution in [0.4, 0.5) is 29.3 Å². The number of nitrogens with zero attached hydrogens (tertiary/aromatic N) is 4. The molecule has 1 aromatic rings. The summed E-state index contributed by atoms with van der Waals surface area (Å²) >= 11 is 0. The molecule has 2 aliphatic heterocycles. The van der Waals surface area contributed by atoms with Gasteiger partial charge in [0.05, 0.1) is 37.6 Å². The smallest absolute Gasteiger partial charge is 0.414 e. The van der Waals surface area contributed by atoms with Crippen LogP contribution in [0, 0.1) is 5.82 Å². The lowest BCUT2D eigenvalue weighted by molar-refractivity contribution is -0.132. The first kappa shape index (κ1) is 20.5. The summed E-state index contributed by atoms with van der Waals surface area (Å²) in [7, 11) is 0. The van der Waals surface area contributed by atoms with E-state index in [2.05, 4.69) is 11.7 Å². The summed E-state index contributed by atoms with van der Waals surface area (Å²) in [6.07, 6.45) is -1.45. The maximum atomic E-state index is 14.6.